The molecule has 1 saturated heterocycles. The number of aromatic nitrogens is 4. The molecule has 0 unspecified atom stereocenters. The molecule has 1 aliphatic carbocycles. The van der Waals surface area contributed by atoms with Crippen molar-refractivity contribution in [3.63, 3.8) is 0 Å². The molecule has 0 bridgehead atoms. The van der Waals surface area contributed by atoms with E-state index in [4.69, 9.17) is 4.98 Å². The SMILES string of the molecule is O=C1C/C(=C\c2cnn3c(NC4CC4)cc(CCc4cccnc4)nc23)C(=O)N1. The van der Waals surface area contributed by atoms with Crippen LogP contribution in [0.3, 0.4) is 0 Å². The maximum absolute atomic E-state index is 11.9. The molecule has 8 nitrogen and oxygen atoms in total. The number of hydrogen-bond donors (Lipinski definition) is 2. The minimum absolute atomic E-state index is 0.0874. The minimum Gasteiger partial charge on any atom is -0.367 e. The van der Waals surface area contributed by atoms with Gasteiger partial charge in [-0.05, 0) is 43.4 Å². The Hall–Kier alpha value is -3.55. The number of rotatable bonds is 6. The van der Waals surface area contributed by atoms with Gasteiger partial charge in [0.15, 0.2) is 5.65 Å². The number of anilines is 1. The predicted molar refractivity (Wildman–Crippen MR) is 107 cm³/mol. The van der Waals surface area contributed by atoms with Crippen molar-refractivity contribution < 1.29 is 9.59 Å². The van der Waals surface area contributed by atoms with E-state index < -0.39 is 0 Å². The Kier molecular flexibility index (Phi) is 4.31. The summed E-state index contributed by atoms with van der Waals surface area (Å²) in [6, 6.07) is 6.49. The molecular formula is C21H20N6O2. The van der Waals surface area contributed by atoms with Gasteiger partial charge in [0.2, 0.25) is 5.91 Å². The van der Waals surface area contributed by atoms with Crippen molar-refractivity contribution in [2.75, 3.05) is 5.32 Å². The highest BCUT2D eigenvalue weighted by Crippen LogP contribution is 2.27. The molecule has 1 aliphatic heterocycles. The second-order valence-electron chi connectivity index (χ2n) is 7.47. The molecule has 0 radical (unpaired) electrons. The number of aryl methyl sites for hydroxylation is 2. The Bertz CT molecular complexity index is 1130. The van der Waals surface area contributed by atoms with Crippen molar-refractivity contribution in [1.29, 1.82) is 0 Å². The first-order valence-electron chi connectivity index (χ1n) is 9.73. The first-order valence-corrected chi connectivity index (χ1v) is 9.73. The third-order valence-electron chi connectivity index (χ3n) is 5.10. The molecule has 146 valence electrons. The Labute approximate surface area is 167 Å². The average Bonchev–Trinajstić information content (AvgIpc) is 3.36. The molecule has 0 atom stereocenters. The zero-order valence-electron chi connectivity index (χ0n) is 15.8. The maximum atomic E-state index is 11.9. The molecule has 0 aromatic carbocycles. The normalized spacial score (nSPS) is 17.9. The molecule has 1 saturated carbocycles. The van der Waals surface area contributed by atoms with Crippen LogP contribution in [0.2, 0.25) is 0 Å². The van der Waals surface area contributed by atoms with E-state index >= 15 is 0 Å². The number of carbonyl (C=O) groups excluding carboxylic acids is 2. The minimum atomic E-state index is -0.349. The standard InChI is InChI=1S/C21H20N6O2/c28-19-9-14(21(29)26-19)8-15-12-23-27-18(24-16-5-6-16)10-17(25-20(15)27)4-3-13-2-1-7-22-11-13/h1-2,7-8,10-12,16,24H,3-6,9H2,(H,26,28,29)/b14-8+. The lowest BCUT2D eigenvalue weighted by atomic mass is 10.1. The van der Waals surface area contributed by atoms with Gasteiger partial charge in [0.25, 0.3) is 5.91 Å². The number of carbonyl (C=O) groups is 2. The molecule has 8 heteroatoms. The number of imide groups is 1. The van der Waals surface area contributed by atoms with E-state index in [2.05, 4.69) is 26.8 Å². The summed E-state index contributed by atoms with van der Waals surface area (Å²) in [4.78, 5) is 32.4. The lowest BCUT2D eigenvalue weighted by Gasteiger charge is -2.10. The van der Waals surface area contributed by atoms with Crippen LogP contribution in [0.25, 0.3) is 11.7 Å². The molecule has 0 spiro atoms. The summed E-state index contributed by atoms with van der Waals surface area (Å²) in [5, 5.41) is 10.3. The Morgan fingerprint density at radius 2 is 2.14 bits per heavy atom. The number of fused-ring (bicyclic) bond motifs is 1. The number of hydrogen-bond acceptors (Lipinski definition) is 6. The van der Waals surface area contributed by atoms with Crippen LogP contribution in [0.15, 0.2) is 42.4 Å². The van der Waals surface area contributed by atoms with Gasteiger partial charge >= 0.3 is 0 Å². The van der Waals surface area contributed by atoms with E-state index in [1.807, 2.05) is 18.3 Å². The van der Waals surface area contributed by atoms with Gasteiger partial charge in [0.05, 0.1) is 12.6 Å². The van der Waals surface area contributed by atoms with Crippen LogP contribution < -0.4 is 10.6 Å². The van der Waals surface area contributed by atoms with Crippen molar-refractivity contribution in [1.82, 2.24) is 24.9 Å². The molecule has 5 rings (SSSR count). The van der Waals surface area contributed by atoms with Crippen LogP contribution >= 0.6 is 0 Å². The van der Waals surface area contributed by atoms with E-state index in [-0.39, 0.29) is 18.2 Å². The summed E-state index contributed by atoms with van der Waals surface area (Å²) >= 11 is 0. The summed E-state index contributed by atoms with van der Waals surface area (Å²) in [6.45, 7) is 0. The quantitative estimate of drug-likeness (QED) is 0.494. The fourth-order valence-corrected chi connectivity index (χ4v) is 3.43. The van der Waals surface area contributed by atoms with Crippen molar-refractivity contribution in [2.24, 2.45) is 0 Å². The van der Waals surface area contributed by atoms with Crippen molar-refractivity contribution in [3.05, 3.63) is 59.2 Å². The Morgan fingerprint density at radius 3 is 2.86 bits per heavy atom. The van der Waals surface area contributed by atoms with Gasteiger partial charge in [-0.1, -0.05) is 6.07 Å². The highest BCUT2D eigenvalue weighted by Gasteiger charge is 2.25. The van der Waals surface area contributed by atoms with E-state index in [9.17, 15) is 9.59 Å². The van der Waals surface area contributed by atoms with Crippen LogP contribution in [-0.4, -0.2) is 37.4 Å². The largest absolute Gasteiger partial charge is 0.367 e. The smallest absolute Gasteiger partial charge is 0.254 e. The molecular weight excluding hydrogens is 368 g/mol. The average molecular weight is 388 g/mol. The molecule has 4 heterocycles. The van der Waals surface area contributed by atoms with Crippen LogP contribution in [0.4, 0.5) is 5.82 Å². The van der Waals surface area contributed by atoms with Gasteiger partial charge in [-0.25, -0.2) is 4.98 Å². The number of amides is 2. The highest BCUT2D eigenvalue weighted by atomic mass is 16.2. The zero-order valence-corrected chi connectivity index (χ0v) is 15.8. The van der Waals surface area contributed by atoms with E-state index in [1.165, 1.54) is 0 Å². The summed E-state index contributed by atoms with van der Waals surface area (Å²) in [5.74, 6) is 0.271. The van der Waals surface area contributed by atoms with Crippen molar-refractivity contribution >= 4 is 29.4 Å². The summed E-state index contributed by atoms with van der Waals surface area (Å²) < 4.78 is 1.77. The van der Waals surface area contributed by atoms with E-state index in [0.717, 1.165) is 48.3 Å². The fraction of sp³-hybridized carbons (Fsp3) is 0.286. The second kappa shape index (κ2) is 7.12. The predicted octanol–water partition coefficient (Wildman–Crippen LogP) is 1.91. The highest BCUT2D eigenvalue weighted by molar-refractivity contribution is 6.15. The fourth-order valence-electron chi connectivity index (χ4n) is 3.43. The molecule has 2 N–H and O–H groups in total. The first kappa shape index (κ1) is 17.5. The van der Waals surface area contributed by atoms with Gasteiger partial charge in [0.1, 0.15) is 5.82 Å². The Morgan fingerprint density at radius 1 is 1.24 bits per heavy atom. The number of nitrogens with zero attached hydrogens (tertiary/aromatic N) is 4. The molecule has 29 heavy (non-hydrogen) atoms. The third kappa shape index (κ3) is 3.73. The van der Waals surface area contributed by atoms with E-state index in [0.29, 0.717) is 17.3 Å². The monoisotopic (exact) mass is 388 g/mol. The molecule has 2 fully saturated rings. The van der Waals surface area contributed by atoms with Gasteiger partial charge in [-0.3, -0.25) is 19.9 Å². The van der Waals surface area contributed by atoms with Crippen LogP contribution in [0.1, 0.15) is 36.1 Å². The van der Waals surface area contributed by atoms with Gasteiger partial charge in [-0.15, -0.1) is 0 Å². The second-order valence-corrected chi connectivity index (χ2v) is 7.47. The molecule has 2 amide bonds. The summed E-state index contributed by atoms with van der Waals surface area (Å²) in [6.07, 6.45) is 11.0. The van der Waals surface area contributed by atoms with Gasteiger partial charge < -0.3 is 5.32 Å². The lowest BCUT2D eigenvalue weighted by molar-refractivity contribution is -0.124. The van der Waals surface area contributed by atoms with Crippen LogP contribution in [-0.2, 0) is 22.4 Å². The number of nitrogens with one attached hydrogen (secondary N) is 2. The third-order valence-corrected chi connectivity index (χ3v) is 5.10. The summed E-state index contributed by atoms with van der Waals surface area (Å²) in [5.41, 5.74) is 3.94. The van der Waals surface area contributed by atoms with Crippen LogP contribution in [0.5, 0.6) is 0 Å². The molecule has 3 aromatic heterocycles. The molecule has 3 aromatic rings. The van der Waals surface area contributed by atoms with Crippen molar-refractivity contribution in [3.8, 4) is 0 Å². The maximum Gasteiger partial charge on any atom is 0.254 e. The zero-order chi connectivity index (χ0) is 19.8. The number of pyridine rings is 1. The lowest BCUT2D eigenvalue weighted by Crippen LogP contribution is -2.19. The topological polar surface area (TPSA) is 101 Å². The summed E-state index contributed by atoms with van der Waals surface area (Å²) in [7, 11) is 0. The van der Waals surface area contributed by atoms with E-state index in [1.54, 1.807) is 23.0 Å². The molecule has 2 aliphatic rings. The van der Waals surface area contributed by atoms with Crippen LogP contribution in [0, 0.1) is 0 Å². The Balaban J connectivity index is 1.51. The first-order chi connectivity index (χ1) is 14.2. The van der Waals surface area contributed by atoms with Gasteiger partial charge in [0, 0.05) is 41.3 Å². The van der Waals surface area contributed by atoms with Gasteiger partial charge in [-0.2, -0.15) is 9.61 Å². The van der Waals surface area contributed by atoms with Crippen molar-refractivity contribution in [2.45, 2.75) is 38.1 Å².